The fourth-order valence-corrected chi connectivity index (χ4v) is 2.63. The Morgan fingerprint density at radius 3 is 3.11 bits per heavy atom. The molecule has 0 spiro atoms. The van der Waals surface area contributed by atoms with Gasteiger partial charge in [-0.2, -0.15) is 10.4 Å². The molecule has 0 bridgehead atoms. The highest BCUT2D eigenvalue weighted by Crippen LogP contribution is 2.36. The fourth-order valence-electron chi connectivity index (χ4n) is 2.63. The quantitative estimate of drug-likeness (QED) is 0.784. The van der Waals surface area contributed by atoms with Crippen molar-refractivity contribution in [2.75, 3.05) is 6.61 Å². The number of hydrogen-bond acceptors (Lipinski definition) is 4. The summed E-state index contributed by atoms with van der Waals surface area (Å²) in [4.78, 5) is 11.6. The van der Waals surface area contributed by atoms with Crippen LogP contribution in [0.15, 0.2) is 12.4 Å². The summed E-state index contributed by atoms with van der Waals surface area (Å²) in [6, 6.07) is 2.43. The lowest BCUT2D eigenvalue weighted by molar-refractivity contribution is 0.0526. The number of carbonyl (C=O) groups is 1. The van der Waals surface area contributed by atoms with E-state index in [-0.39, 0.29) is 17.9 Å². The van der Waals surface area contributed by atoms with Crippen molar-refractivity contribution in [3.8, 4) is 6.07 Å². The first-order valence-electron chi connectivity index (χ1n) is 6.76. The molecule has 1 aromatic rings. The van der Waals surface area contributed by atoms with Gasteiger partial charge in [-0.15, -0.1) is 0 Å². The summed E-state index contributed by atoms with van der Waals surface area (Å²) in [6.07, 6.45) is 6.14. The van der Waals surface area contributed by atoms with E-state index < -0.39 is 0 Å². The van der Waals surface area contributed by atoms with E-state index in [0.717, 1.165) is 19.3 Å². The number of esters is 1. The molecule has 1 saturated carbocycles. The van der Waals surface area contributed by atoms with Crippen LogP contribution in [-0.2, 0) is 4.74 Å². The zero-order chi connectivity index (χ0) is 13.8. The van der Waals surface area contributed by atoms with Gasteiger partial charge in [-0.1, -0.05) is 6.92 Å². The van der Waals surface area contributed by atoms with E-state index in [1.54, 1.807) is 17.8 Å². The highest BCUT2D eigenvalue weighted by Gasteiger charge is 2.30. The molecule has 0 aromatic carbocycles. The normalized spacial score (nSPS) is 26.7. The Kier molecular flexibility index (Phi) is 4.20. The van der Waals surface area contributed by atoms with Gasteiger partial charge in [0.2, 0.25) is 0 Å². The first-order chi connectivity index (χ1) is 9.15. The van der Waals surface area contributed by atoms with Gasteiger partial charge in [-0.25, -0.2) is 4.79 Å². The van der Waals surface area contributed by atoms with Crippen LogP contribution in [0.5, 0.6) is 0 Å². The van der Waals surface area contributed by atoms with Crippen molar-refractivity contribution in [1.29, 1.82) is 5.26 Å². The molecule has 5 heteroatoms. The average Bonchev–Trinajstić information content (AvgIpc) is 2.88. The first kappa shape index (κ1) is 13.6. The van der Waals surface area contributed by atoms with Crippen LogP contribution in [0, 0.1) is 23.2 Å². The van der Waals surface area contributed by atoms with Crippen LogP contribution >= 0.6 is 0 Å². The zero-order valence-electron chi connectivity index (χ0n) is 11.4. The smallest absolute Gasteiger partial charge is 0.341 e. The summed E-state index contributed by atoms with van der Waals surface area (Å²) in [5, 5.41) is 13.5. The number of nitrogens with zero attached hydrogens (tertiary/aromatic N) is 3. The molecule has 0 N–H and O–H groups in total. The molecule has 0 amide bonds. The summed E-state index contributed by atoms with van der Waals surface area (Å²) in [5.41, 5.74) is 0.455. The summed E-state index contributed by atoms with van der Waals surface area (Å²) in [6.45, 7) is 4.32. The van der Waals surface area contributed by atoms with Crippen molar-refractivity contribution in [3.05, 3.63) is 18.0 Å². The second-order valence-electron chi connectivity index (χ2n) is 5.15. The molecule has 0 aliphatic heterocycles. The average molecular weight is 261 g/mol. The maximum Gasteiger partial charge on any atom is 0.341 e. The summed E-state index contributed by atoms with van der Waals surface area (Å²) < 4.78 is 6.71. The van der Waals surface area contributed by atoms with Gasteiger partial charge >= 0.3 is 5.97 Å². The predicted octanol–water partition coefficient (Wildman–Crippen LogP) is 2.56. The standard InChI is InChI=1S/C14H19N3O2/c1-3-19-14(18)12-8-16-17(9-12)13-6-10(2)4-5-11(13)7-15/h8-11,13H,3-6H2,1-2H3. The van der Waals surface area contributed by atoms with Gasteiger partial charge in [0.05, 0.1) is 36.4 Å². The summed E-state index contributed by atoms with van der Waals surface area (Å²) in [7, 11) is 0. The molecule has 0 radical (unpaired) electrons. The monoisotopic (exact) mass is 261 g/mol. The van der Waals surface area contributed by atoms with E-state index in [2.05, 4.69) is 18.1 Å². The fraction of sp³-hybridized carbons (Fsp3) is 0.643. The Morgan fingerprint density at radius 2 is 2.42 bits per heavy atom. The Morgan fingerprint density at radius 1 is 1.63 bits per heavy atom. The van der Waals surface area contributed by atoms with E-state index in [9.17, 15) is 10.1 Å². The summed E-state index contributed by atoms with van der Waals surface area (Å²) >= 11 is 0. The van der Waals surface area contributed by atoms with Crippen LogP contribution < -0.4 is 0 Å². The van der Waals surface area contributed by atoms with Gasteiger partial charge in [0.25, 0.3) is 0 Å². The molecule has 2 rings (SSSR count). The second-order valence-corrected chi connectivity index (χ2v) is 5.15. The molecule has 1 aliphatic carbocycles. The molecular weight excluding hydrogens is 242 g/mol. The summed E-state index contributed by atoms with van der Waals surface area (Å²) in [5.74, 6) is 0.210. The van der Waals surface area contributed by atoms with Crippen molar-refractivity contribution >= 4 is 5.97 Å². The van der Waals surface area contributed by atoms with Crippen LogP contribution in [0.1, 0.15) is 49.5 Å². The third kappa shape index (κ3) is 2.95. The predicted molar refractivity (Wildman–Crippen MR) is 69.3 cm³/mol. The lowest BCUT2D eigenvalue weighted by Crippen LogP contribution is -2.26. The molecule has 3 atom stereocenters. The van der Waals surface area contributed by atoms with Gasteiger partial charge in [0, 0.05) is 6.20 Å². The van der Waals surface area contributed by atoms with Gasteiger partial charge in [0.15, 0.2) is 0 Å². The number of hydrogen-bond donors (Lipinski definition) is 0. The van der Waals surface area contributed by atoms with Crippen LogP contribution in [0.25, 0.3) is 0 Å². The lowest BCUT2D eigenvalue weighted by Gasteiger charge is -2.30. The minimum absolute atomic E-state index is 0.0221. The molecular formula is C14H19N3O2. The molecule has 1 aromatic heterocycles. The van der Waals surface area contributed by atoms with Gasteiger partial charge in [0.1, 0.15) is 0 Å². The number of nitriles is 1. The first-order valence-corrected chi connectivity index (χ1v) is 6.76. The third-order valence-corrected chi connectivity index (χ3v) is 3.70. The van der Waals surface area contributed by atoms with Crippen molar-refractivity contribution < 1.29 is 9.53 Å². The third-order valence-electron chi connectivity index (χ3n) is 3.70. The van der Waals surface area contributed by atoms with Crippen molar-refractivity contribution in [2.24, 2.45) is 11.8 Å². The van der Waals surface area contributed by atoms with Crippen LogP contribution in [0.3, 0.4) is 0 Å². The second kappa shape index (κ2) is 5.87. The maximum absolute atomic E-state index is 11.6. The van der Waals surface area contributed by atoms with E-state index in [1.165, 1.54) is 6.20 Å². The molecule has 0 saturated heterocycles. The molecule has 1 fully saturated rings. The van der Waals surface area contributed by atoms with E-state index >= 15 is 0 Å². The van der Waals surface area contributed by atoms with Crippen LogP contribution in [0.2, 0.25) is 0 Å². The SMILES string of the molecule is CCOC(=O)c1cnn(C2CC(C)CCC2C#N)c1. The Balaban J connectivity index is 2.16. The molecule has 1 aliphatic rings. The molecule has 5 nitrogen and oxygen atoms in total. The number of ether oxygens (including phenoxy) is 1. The zero-order valence-corrected chi connectivity index (χ0v) is 11.4. The Bertz CT molecular complexity index is 489. The lowest BCUT2D eigenvalue weighted by atomic mass is 9.80. The van der Waals surface area contributed by atoms with Crippen molar-refractivity contribution in [2.45, 2.75) is 39.2 Å². The van der Waals surface area contributed by atoms with Crippen LogP contribution in [0.4, 0.5) is 0 Å². The topological polar surface area (TPSA) is 67.9 Å². The Hall–Kier alpha value is -1.83. The highest BCUT2D eigenvalue weighted by molar-refractivity contribution is 5.88. The minimum atomic E-state index is -0.355. The number of aromatic nitrogens is 2. The molecule has 19 heavy (non-hydrogen) atoms. The van der Waals surface area contributed by atoms with Crippen molar-refractivity contribution in [1.82, 2.24) is 9.78 Å². The van der Waals surface area contributed by atoms with E-state index in [0.29, 0.717) is 18.1 Å². The van der Waals surface area contributed by atoms with E-state index in [1.807, 2.05) is 0 Å². The Labute approximate surface area is 113 Å². The van der Waals surface area contributed by atoms with Gasteiger partial charge < -0.3 is 4.74 Å². The molecule has 1 heterocycles. The molecule has 102 valence electrons. The van der Waals surface area contributed by atoms with Gasteiger partial charge in [-0.3, -0.25) is 4.68 Å². The molecule has 3 unspecified atom stereocenters. The maximum atomic E-state index is 11.6. The van der Waals surface area contributed by atoms with Gasteiger partial charge in [-0.05, 0) is 32.1 Å². The largest absolute Gasteiger partial charge is 0.462 e. The van der Waals surface area contributed by atoms with Crippen molar-refractivity contribution in [3.63, 3.8) is 0 Å². The number of rotatable bonds is 3. The van der Waals surface area contributed by atoms with E-state index in [4.69, 9.17) is 4.74 Å². The minimum Gasteiger partial charge on any atom is -0.462 e. The highest BCUT2D eigenvalue weighted by atomic mass is 16.5. The van der Waals surface area contributed by atoms with Crippen LogP contribution in [-0.4, -0.2) is 22.4 Å². The number of carbonyl (C=O) groups excluding carboxylic acids is 1.